The molecule has 3 N–H and O–H groups in total. The molecule has 1 aliphatic carbocycles. The standard InChI is InChI=1S/C13H17FN2OS/c1-18-13(5-2-6-13)8-16-12(17)9-3-4-10(14)11(15)7-9/h3-4,7H,2,5-6,8,15H2,1H3,(H,16,17). The lowest BCUT2D eigenvalue weighted by atomic mass is 9.84. The van der Waals surface area contributed by atoms with Crippen LogP contribution in [-0.2, 0) is 0 Å². The molecule has 18 heavy (non-hydrogen) atoms. The van der Waals surface area contributed by atoms with Crippen LogP contribution >= 0.6 is 11.8 Å². The molecule has 2 rings (SSSR count). The lowest BCUT2D eigenvalue weighted by Crippen LogP contribution is -2.45. The van der Waals surface area contributed by atoms with Crippen molar-refractivity contribution >= 4 is 23.4 Å². The van der Waals surface area contributed by atoms with Gasteiger partial charge in [0.05, 0.1) is 5.69 Å². The van der Waals surface area contributed by atoms with Crippen LogP contribution in [0.25, 0.3) is 0 Å². The Balaban J connectivity index is 1.97. The van der Waals surface area contributed by atoms with Crippen molar-refractivity contribution in [3.05, 3.63) is 29.6 Å². The average Bonchev–Trinajstić information content (AvgIpc) is 2.31. The number of hydrogen-bond acceptors (Lipinski definition) is 3. The molecule has 0 unspecified atom stereocenters. The van der Waals surface area contributed by atoms with Gasteiger partial charge in [-0.3, -0.25) is 4.79 Å². The molecule has 1 saturated carbocycles. The fourth-order valence-corrected chi connectivity index (χ4v) is 2.97. The summed E-state index contributed by atoms with van der Waals surface area (Å²) in [6.45, 7) is 0.657. The summed E-state index contributed by atoms with van der Waals surface area (Å²) in [7, 11) is 0. The van der Waals surface area contributed by atoms with Crippen LogP contribution in [0.15, 0.2) is 18.2 Å². The van der Waals surface area contributed by atoms with Crippen molar-refractivity contribution < 1.29 is 9.18 Å². The van der Waals surface area contributed by atoms with Gasteiger partial charge >= 0.3 is 0 Å². The van der Waals surface area contributed by atoms with Gasteiger partial charge in [-0.1, -0.05) is 6.42 Å². The molecule has 1 amide bonds. The van der Waals surface area contributed by atoms with Crippen molar-refractivity contribution in [3.63, 3.8) is 0 Å². The van der Waals surface area contributed by atoms with Crippen LogP contribution in [-0.4, -0.2) is 23.5 Å². The Morgan fingerprint density at radius 3 is 2.78 bits per heavy atom. The van der Waals surface area contributed by atoms with E-state index in [-0.39, 0.29) is 16.3 Å². The first kappa shape index (κ1) is 13.2. The monoisotopic (exact) mass is 268 g/mol. The zero-order valence-corrected chi connectivity index (χ0v) is 11.1. The second-order valence-corrected chi connectivity index (χ2v) is 5.93. The third-order valence-electron chi connectivity index (χ3n) is 3.53. The molecule has 1 aliphatic rings. The molecule has 0 atom stereocenters. The summed E-state index contributed by atoms with van der Waals surface area (Å²) in [6, 6.07) is 4.04. The molecule has 0 saturated heterocycles. The van der Waals surface area contributed by atoms with E-state index in [9.17, 15) is 9.18 Å². The maximum Gasteiger partial charge on any atom is 0.251 e. The predicted molar refractivity (Wildman–Crippen MR) is 73.2 cm³/mol. The van der Waals surface area contributed by atoms with E-state index >= 15 is 0 Å². The Morgan fingerprint density at radius 1 is 1.56 bits per heavy atom. The molecular weight excluding hydrogens is 251 g/mol. The Kier molecular flexibility index (Phi) is 3.80. The molecule has 1 aromatic carbocycles. The molecule has 5 heteroatoms. The quantitative estimate of drug-likeness (QED) is 0.825. The van der Waals surface area contributed by atoms with Gasteiger partial charge in [0.1, 0.15) is 5.82 Å². The highest BCUT2D eigenvalue weighted by atomic mass is 32.2. The van der Waals surface area contributed by atoms with E-state index in [1.165, 1.54) is 24.6 Å². The highest BCUT2D eigenvalue weighted by Gasteiger charge is 2.36. The molecule has 0 aliphatic heterocycles. The van der Waals surface area contributed by atoms with E-state index in [1.807, 2.05) is 0 Å². The molecule has 0 spiro atoms. The van der Waals surface area contributed by atoms with Gasteiger partial charge in [-0.15, -0.1) is 0 Å². The normalized spacial score (nSPS) is 17.0. The van der Waals surface area contributed by atoms with E-state index in [2.05, 4.69) is 11.6 Å². The van der Waals surface area contributed by atoms with Crippen LogP contribution in [0.1, 0.15) is 29.6 Å². The van der Waals surface area contributed by atoms with Gasteiger partial charge in [0.2, 0.25) is 0 Å². The average molecular weight is 268 g/mol. The van der Waals surface area contributed by atoms with E-state index in [0.717, 1.165) is 12.8 Å². The number of anilines is 1. The van der Waals surface area contributed by atoms with Gasteiger partial charge in [-0.25, -0.2) is 4.39 Å². The second-order valence-electron chi connectivity index (χ2n) is 4.66. The lowest BCUT2D eigenvalue weighted by Gasteiger charge is -2.40. The maximum atomic E-state index is 13.0. The van der Waals surface area contributed by atoms with Crippen molar-refractivity contribution in [2.45, 2.75) is 24.0 Å². The minimum Gasteiger partial charge on any atom is -0.396 e. The van der Waals surface area contributed by atoms with Crippen LogP contribution in [0.3, 0.4) is 0 Å². The van der Waals surface area contributed by atoms with Gasteiger partial charge in [0.25, 0.3) is 5.91 Å². The first-order valence-electron chi connectivity index (χ1n) is 5.95. The molecular formula is C13H17FN2OS. The molecule has 1 fully saturated rings. The summed E-state index contributed by atoms with van der Waals surface area (Å²) < 4.78 is 13.2. The van der Waals surface area contributed by atoms with Crippen LogP contribution < -0.4 is 11.1 Å². The van der Waals surface area contributed by atoms with Crippen molar-refractivity contribution in [2.75, 3.05) is 18.5 Å². The molecule has 0 heterocycles. The van der Waals surface area contributed by atoms with Gasteiger partial charge in [0, 0.05) is 16.9 Å². The summed E-state index contributed by atoms with van der Waals surface area (Å²) in [6.07, 6.45) is 5.57. The molecule has 98 valence electrons. The Hall–Kier alpha value is -1.23. The number of rotatable bonds is 4. The summed E-state index contributed by atoms with van der Waals surface area (Å²) in [5.41, 5.74) is 5.86. The predicted octanol–water partition coefficient (Wildman–Crippen LogP) is 2.42. The third-order valence-corrected chi connectivity index (χ3v) is 4.95. The fraction of sp³-hybridized carbons (Fsp3) is 0.462. The van der Waals surface area contributed by atoms with Crippen LogP contribution in [0.4, 0.5) is 10.1 Å². The Morgan fingerprint density at radius 2 is 2.28 bits per heavy atom. The zero-order chi connectivity index (χ0) is 13.2. The first-order valence-corrected chi connectivity index (χ1v) is 7.17. The number of halogens is 1. The lowest BCUT2D eigenvalue weighted by molar-refractivity contribution is 0.0944. The van der Waals surface area contributed by atoms with Crippen molar-refractivity contribution in [3.8, 4) is 0 Å². The fourth-order valence-electron chi connectivity index (χ4n) is 2.05. The van der Waals surface area contributed by atoms with E-state index in [0.29, 0.717) is 12.1 Å². The molecule has 1 aromatic rings. The topological polar surface area (TPSA) is 55.1 Å². The van der Waals surface area contributed by atoms with Gasteiger partial charge in [0.15, 0.2) is 0 Å². The van der Waals surface area contributed by atoms with Crippen LogP contribution in [0.5, 0.6) is 0 Å². The Bertz CT molecular complexity index is 455. The number of hydrogen-bond donors (Lipinski definition) is 2. The largest absolute Gasteiger partial charge is 0.396 e. The number of nitrogens with one attached hydrogen (secondary N) is 1. The van der Waals surface area contributed by atoms with Crippen molar-refractivity contribution in [2.24, 2.45) is 0 Å². The summed E-state index contributed by atoms with van der Waals surface area (Å²) in [5, 5.41) is 2.90. The molecule has 0 bridgehead atoms. The smallest absolute Gasteiger partial charge is 0.251 e. The number of benzene rings is 1. The molecule has 0 radical (unpaired) electrons. The molecule has 0 aromatic heterocycles. The number of carbonyl (C=O) groups is 1. The van der Waals surface area contributed by atoms with E-state index in [4.69, 9.17) is 5.73 Å². The summed E-state index contributed by atoms with van der Waals surface area (Å²) in [5.74, 6) is -0.687. The minimum absolute atomic E-state index is 0.00544. The van der Waals surface area contributed by atoms with Gasteiger partial charge in [-0.2, -0.15) is 11.8 Å². The van der Waals surface area contributed by atoms with Gasteiger partial charge < -0.3 is 11.1 Å². The second kappa shape index (κ2) is 5.18. The van der Waals surface area contributed by atoms with Gasteiger partial charge in [-0.05, 0) is 37.3 Å². The van der Waals surface area contributed by atoms with E-state index < -0.39 is 5.82 Å². The maximum absolute atomic E-state index is 13.0. The zero-order valence-electron chi connectivity index (χ0n) is 10.3. The molecule has 3 nitrogen and oxygen atoms in total. The van der Waals surface area contributed by atoms with Crippen molar-refractivity contribution in [1.29, 1.82) is 0 Å². The highest BCUT2D eigenvalue weighted by Crippen LogP contribution is 2.42. The third kappa shape index (κ3) is 2.61. The van der Waals surface area contributed by atoms with Crippen molar-refractivity contribution in [1.82, 2.24) is 5.32 Å². The van der Waals surface area contributed by atoms with Crippen LogP contribution in [0, 0.1) is 5.82 Å². The van der Waals surface area contributed by atoms with E-state index in [1.54, 1.807) is 11.8 Å². The first-order chi connectivity index (χ1) is 8.56. The minimum atomic E-state index is -0.494. The Labute approximate surface area is 110 Å². The summed E-state index contributed by atoms with van der Waals surface area (Å²) >= 11 is 1.80. The highest BCUT2D eigenvalue weighted by molar-refractivity contribution is 8.00. The summed E-state index contributed by atoms with van der Waals surface area (Å²) in [4.78, 5) is 11.9. The SMILES string of the molecule is CSC1(CNC(=O)c2ccc(F)c(N)c2)CCC1. The number of carbonyl (C=O) groups excluding carboxylic acids is 1. The number of nitrogen functional groups attached to an aromatic ring is 1. The number of nitrogens with two attached hydrogens (primary N) is 1. The number of amides is 1. The number of thioether (sulfide) groups is 1. The van der Waals surface area contributed by atoms with Crippen LogP contribution in [0.2, 0.25) is 0 Å².